The molecule has 7 nitrogen and oxygen atoms in total. The highest BCUT2D eigenvalue weighted by Crippen LogP contribution is 2.14. The topological polar surface area (TPSA) is 73.9 Å². The smallest absolute Gasteiger partial charge is 0.296 e. The summed E-state index contributed by atoms with van der Waals surface area (Å²) < 4.78 is 0. The second-order valence-corrected chi connectivity index (χ2v) is 6.18. The van der Waals surface area contributed by atoms with Crippen molar-refractivity contribution in [2.24, 2.45) is 0 Å². The van der Waals surface area contributed by atoms with Crippen LogP contribution in [0.25, 0.3) is 0 Å². The van der Waals surface area contributed by atoms with Crippen LogP contribution in [-0.2, 0) is 16.2 Å². The number of carbonyl (C=O) groups excluding carboxylic acids is 2. The highest BCUT2D eigenvalue weighted by molar-refractivity contribution is 6.31. The zero-order valence-corrected chi connectivity index (χ0v) is 15.6. The lowest BCUT2D eigenvalue weighted by Gasteiger charge is -2.23. The van der Waals surface area contributed by atoms with E-state index in [0.717, 1.165) is 11.1 Å². The maximum Gasteiger partial charge on any atom is 0.345 e. The minimum atomic E-state index is -0.358. The predicted octanol–water partition coefficient (Wildman–Crippen LogP) is 2.61. The van der Waals surface area contributed by atoms with Crippen LogP contribution in [0, 0.1) is 0 Å². The maximum absolute atomic E-state index is 11.9. The molecule has 3 amide bonds. The van der Waals surface area contributed by atoms with Crippen LogP contribution in [-0.4, -0.2) is 41.5 Å². The van der Waals surface area contributed by atoms with Gasteiger partial charge in [0.2, 0.25) is 5.91 Å². The summed E-state index contributed by atoms with van der Waals surface area (Å²) in [4.78, 5) is 30.3. The van der Waals surface area contributed by atoms with Gasteiger partial charge in [-0.05, 0) is 24.6 Å². The summed E-state index contributed by atoms with van der Waals surface area (Å²) in [6, 6.07) is 7.04. The van der Waals surface area contributed by atoms with Crippen LogP contribution in [0.2, 0.25) is 5.02 Å². The van der Waals surface area contributed by atoms with E-state index in [9.17, 15) is 9.59 Å². The number of benzene rings is 1. The Kier molecular flexibility index (Phi) is 7.65. The van der Waals surface area contributed by atoms with Crippen molar-refractivity contribution in [1.29, 1.82) is 0 Å². The summed E-state index contributed by atoms with van der Waals surface area (Å²) in [5.41, 5.74) is 7.37. The number of hydrazine groups is 1. The zero-order chi connectivity index (χ0) is 18.9. The van der Waals surface area contributed by atoms with Gasteiger partial charge in [-0.2, -0.15) is 0 Å². The molecule has 1 aliphatic rings. The number of hydrogen-bond acceptors (Lipinski definition) is 4. The van der Waals surface area contributed by atoms with Crippen molar-refractivity contribution in [2.75, 3.05) is 19.7 Å². The number of allylic oxidation sites excluding steroid dienone is 2. The molecular weight excluding hydrogens is 356 g/mol. The molecule has 2 N–H and O–H groups in total. The fraction of sp³-hybridized carbons (Fsp3) is 0.333. The van der Waals surface area contributed by atoms with Gasteiger partial charge in [-0.25, -0.2) is 15.7 Å². The minimum Gasteiger partial charge on any atom is -0.296 e. The van der Waals surface area contributed by atoms with Gasteiger partial charge in [0.15, 0.2) is 0 Å². The molecule has 0 unspecified atom stereocenters. The standard InChI is InChI=1S/C18H23ClN4O3/c1-14-7-9-22(10-8-14)18(25)21-26-12-11-23(15(2)24)20-13-16-5-3-4-6-17(16)19/h3-9,20H,10-13H2,1-2H3,(H,21,25). The number of carbonyl (C=O) groups is 2. The molecule has 2 rings (SSSR count). The molecule has 8 heteroatoms. The molecule has 1 heterocycles. The first-order chi connectivity index (χ1) is 12.5. The fourth-order valence-corrected chi connectivity index (χ4v) is 2.41. The van der Waals surface area contributed by atoms with Crippen molar-refractivity contribution in [1.82, 2.24) is 20.8 Å². The van der Waals surface area contributed by atoms with Gasteiger partial charge < -0.3 is 0 Å². The molecule has 0 aromatic heterocycles. The third kappa shape index (κ3) is 6.18. The van der Waals surface area contributed by atoms with E-state index in [1.54, 1.807) is 12.3 Å². The van der Waals surface area contributed by atoms with E-state index >= 15 is 0 Å². The van der Waals surface area contributed by atoms with E-state index in [1.165, 1.54) is 16.8 Å². The molecule has 0 fully saturated rings. The van der Waals surface area contributed by atoms with E-state index in [1.807, 2.05) is 37.3 Å². The Morgan fingerprint density at radius 2 is 2.12 bits per heavy atom. The first-order valence-corrected chi connectivity index (χ1v) is 8.63. The number of nitrogens with one attached hydrogen (secondary N) is 2. The minimum absolute atomic E-state index is 0.146. The van der Waals surface area contributed by atoms with Crippen LogP contribution in [0.1, 0.15) is 19.4 Å². The molecular formula is C18H23ClN4O3. The number of halogens is 1. The lowest BCUT2D eigenvalue weighted by atomic mass is 10.2. The Bertz CT molecular complexity index is 705. The highest BCUT2D eigenvalue weighted by atomic mass is 35.5. The molecule has 0 saturated carbocycles. The Balaban J connectivity index is 1.71. The first kappa shape index (κ1) is 20.0. The fourth-order valence-electron chi connectivity index (χ4n) is 2.21. The quantitative estimate of drug-likeness (QED) is 0.565. The summed E-state index contributed by atoms with van der Waals surface area (Å²) in [5, 5.41) is 2.05. The number of rotatable bonds is 7. The van der Waals surface area contributed by atoms with Gasteiger partial charge in [0.1, 0.15) is 0 Å². The summed E-state index contributed by atoms with van der Waals surface area (Å²) in [7, 11) is 0. The van der Waals surface area contributed by atoms with Crippen molar-refractivity contribution in [3.05, 3.63) is 58.8 Å². The molecule has 26 heavy (non-hydrogen) atoms. The van der Waals surface area contributed by atoms with E-state index in [2.05, 4.69) is 10.9 Å². The largest absolute Gasteiger partial charge is 0.345 e. The van der Waals surface area contributed by atoms with Crippen LogP contribution in [0.5, 0.6) is 0 Å². The van der Waals surface area contributed by atoms with Crippen LogP contribution in [0.15, 0.2) is 48.2 Å². The Hall–Kier alpha value is -2.35. The summed E-state index contributed by atoms with van der Waals surface area (Å²) in [6.45, 7) is 4.74. The van der Waals surface area contributed by atoms with E-state index in [4.69, 9.17) is 16.4 Å². The Morgan fingerprint density at radius 1 is 1.35 bits per heavy atom. The molecule has 1 aromatic rings. The monoisotopic (exact) mass is 378 g/mol. The van der Waals surface area contributed by atoms with E-state index in [0.29, 0.717) is 18.1 Å². The van der Waals surface area contributed by atoms with Gasteiger partial charge in [-0.3, -0.25) is 19.5 Å². The van der Waals surface area contributed by atoms with Crippen LogP contribution >= 0.6 is 11.6 Å². The van der Waals surface area contributed by atoms with E-state index < -0.39 is 0 Å². The third-order valence-corrected chi connectivity index (χ3v) is 4.13. The molecule has 1 aliphatic heterocycles. The summed E-state index contributed by atoms with van der Waals surface area (Å²) in [6.07, 6.45) is 5.48. The molecule has 0 saturated heterocycles. The molecule has 0 bridgehead atoms. The number of nitrogens with zero attached hydrogens (tertiary/aromatic N) is 2. The van der Waals surface area contributed by atoms with Crippen molar-refractivity contribution < 1.29 is 14.4 Å². The highest BCUT2D eigenvalue weighted by Gasteiger charge is 2.13. The molecule has 0 atom stereocenters. The second kappa shape index (κ2) is 9.96. The zero-order valence-electron chi connectivity index (χ0n) is 14.9. The maximum atomic E-state index is 11.9. The van der Waals surface area contributed by atoms with Gasteiger partial charge in [0, 0.05) is 31.2 Å². The molecule has 0 aliphatic carbocycles. The van der Waals surface area contributed by atoms with Gasteiger partial charge in [0.25, 0.3) is 0 Å². The number of amides is 3. The number of hydroxylamine groups is 1. The van der Waals surface area contributed by atoms with Crippen LogP contribution in [0.3, 0.4) is 0 Å². The lowest BCUT2D eigenvalue weighted by Crippen LogP contribution is -2.44. The lowest BCUT2D eigenvalue weighted by molar-refractivity contribution is -0.133. The molecule has 0 radical (unpaired) electrons. The summed E-state index contributed by atoms with van der Waals surface area (Å²) in [5.74, 6) is -0.161. The Morgan fingerprint density at radius 3 is 2.77 bits per heavy atom. The number of hydrogen-bond donors (Lipinski definition) is 2. The van der Waals surface area contributed by atoms with Gasteiger partial charge in [0.05, 0.1) is 13.2 Å². The van der Waals surface area contributed by atoms with Gasteiger partial charge >= 0.3 is 6.03 Å². The normalized spacial score (nSPS) is 13.3. The van der Waals surface area contributed by atoms with Crippen LogP contribution in [0.4, 0.5) is 4.79 Å². The van der Waals surface area contributed by atoms with Crippen molar-refractivity contribution >= 4 is 23.5 Å². The van der Waals surface area contributed by atoms with Crippen molar-refractivity contribution in [3.63, 3.8) is 0 Å². The first-order valence-electron chi connectivity index (χ1n) is 8.25. The second-order valence-electron chi connectivity index (χ2n) is 5.77. The van der Waals surface area contributed by atoms with E-state index in [-0.39, 0.29) is 25.1 Å². The summed E-state index contributed by atoms with van der Waals surface area (Å²) >= 11 is 6.10. The van der Waals surface area contributed by atoms with Crippen LogP contribution < -0.4 is 10.9 Å². The average molecular weight is 379 g/mol. The van der Waals surface area contributed by atoms with Gasteiger partial charge in [-0.15, -0.1) is 0 Å². The van der Waals surface area contributed by atoms with Gasteiger partial charge in [-0.1, -0.05) is 41.4 Å². The SMILES string of the molecule is CC(=O)N(CCONC(=O)N1C=CC(C)=CC1)NCc1ccccc1Cl. The predicted molar refractivity (Wildman–Crippen MR) is 99.8 cm³/mol. The number of urea groups is 1. The molecule has 1 aromatic carbocycles. The third-order valence-electron chi connectivity index (χ3n) is 3.76. The molecule has 140 valence electrons. The average Bonchev–Trinajstić information content (AvgIpc) is 2.62. The van der Waals surface area contributed by atoms with Crippen molar-refractivity contribution in [2.45, 2.75) is 20.4 Å². The Labute approximate surface area is 158 Å². The van der Waals surface area contributed by atoms with Crippen molar-refractivity contribution in [3.8, 4) is 0 Å². The molecule has 0 spiro atoms.